The van der Waals surface area contributed by atoms with Crippen LogP contribution in [0, 0.1) is 6.92 Å². The van der Waals surface area contributed by atoms with Gasteiger partial charge in [-0.3, -0.25) is 19.1 Å². The smallest absolute Gasteiger partial charge is 0.414 e. The van der Waals surface area contributed by atoms with Crippen molar-refractivity contribution in [3.05, 3.63) is 62.8 Å². The molecule has 1 unspecified atom stereocenters. The van der Waals surface area contributed by atoms with Gasteiger partial charge in [0.25, 0.3) is 5.56 Å². The van der Waals surface area contributed by atoms with E-state index in [4.69, 9.17) is 4.74 Å². The van der Waals surface area contributed by atoms with Crippen LogP contribution < -0.4 is 21.5 Å². The van der Waals surface area contributed by atoms with E-state index >= 15 is 0 Å². The van der Waals surface area contributed by atoms with E-state index in [1.165, 1.54) is 21.2 Å². The van der Waals surface area contributed by atoms with Crippen molar-refractivity contribution in [3.8, 4) is 0 Å². The van der Waals surface area contributed by atoms with E-state index in [0.29, 0.717) is 47.4 Å². The van der Waals surface area contributed by atoms with E-state index in [-0.39, 0.29) is 24.1 Å². The number of thioether (sulfide) groups is 1. The zero-order valence-corrected chi connectivity index (χ0v) is 18.7. The molecule has 33 heavy (non-hydrogen) atoms. The lowest BCUT2D eigenvalue weighted by molar-refractivity contribution is -0.113. The highest BCUT2D eigenvalue weighted by molar-refractivity contribution is 8.00. The number of carbonyl (C=O) groups is 2. The lowest BCUT2D eigenvalue weighted by Crippen LogP contribution is -2.35. The predicted octanol–water partition coefficient (Wildman–Crippen LogP) is 2.85. The number of anilines is 2. The van der Waals surface area contributed by atoms with Gasteiger partial charge >= 0.3 is 11.8 Å². The molecule has 2 aliphatic heterocycles. The quantitative estimate of drug-likeness (QED) is 0.598. The molecular formula is C23H22N4O5S. The third-order valence-corrected chi connectivity index (χ3v) is 6.99. The zero-order chi connectivity index (χ0) is 23.1. The monoisotopic (exact) mass is 466 g/mol. The number of H-pyrrole nitrogens is 1. The van der Waals surface area contributed by atoms with Gasteiger partial charge in [-0.1, -0.05) is 12.1 Å². The minimum Gasteiger partial charge on any atom is -0.444 e. The Morgan fingerprint density at radius 1 is 1.15 bits per heavy atom. The highest BCUT2D eigenvalue weighted by Gasteiger charge is 2.32. The number of aryl methyl sites for hydroxylation is 1. The van der Waals surface area contributed by atoms with Crippen molar-refractivity contribution in [2.45, 2.75) is 37.3 Å². The average molecular weight is 467 g/mol. The molecule has 0 spiro atoms. The fraction of sp³-hybridized carbons (Fsp3) is 0.304. The molecule has 170 valence electrons. The molecule has 9 nitrogen and oxygen atoms in total. The van der Waals surface area contributed by atoms with Crippen LogP contribution in [0.1, 0.15) is 18.4 Å². The second kappa shape index (κ2) is 8.43. The van der Waals surface area contributed by atoms with Gasteiger partial charge in [0.1, 0.15) is 6.10 Å². The Labute approximate surface area is 192 Å². The van der Waals surface area contributed by atoms with Gasteiger partial charge in [-0.2, -0.15) is 0 Å². The van der Waals surface area contributed by atoms with Crippen LogP contribution in [-0.4, -0.2) is 40.0 Å². The minimum absolute atomic E-state index is 0.0689. The van der Waals surface area contributed by atoms with Gasteiger partial charge in [0.2, 0.25) is 5.91 Å². The van der Waals surface area contributed by atoms with Crippen LogP contribution in [0.3, 0.4) is 0 Å². The van der Waals surface area contributed by atoms with Gasteiger partial charge in [-0.05, 0) is 49.6 Å². The van der Waals surface area contributed by atoms with Gasteiger partial charge in [0, 0.05) is 17.1 Å². The standard InChI is InChI=1S/C23H22N4O5S/c1-13-4-2-6-16-20(13)25-22(30)26(21(16)29)9-3-5-15-11-27(23(31)32-15)14-7-8-18-17(10-14)24-19(28)12-33-18/h2,4,6-8,10,15H,3,5,9,11-12H2,1H3,(H,24,28)(H,25,30). The summed E-state index contributed by atoms with van der Waals surface area (Å²) in [6.45, 7) is 2.44. The molecule has 2 N–H and O–H groups in total. The van der Waals surface area contributed by atoms with Crippen LogP contribution in [0.25, 0.3) is 10.9 Å². The first-order valence-electron chi connectivity index (χ1n) is 10.7. The van der Waals surface area contributed by atoms with Crippen molar-refractivity contribution in [2.24, 2.45) is 0 Å². The van der Waals surface area contributed by atoms with Gasteiger partial charge in [0.05, 0.1) is 28.9 Å². The van der Waals surface area contributed by atoms with E-state index in [1.807, 2.05) is 25.1 Å². The molecule has 1 fully saturated rings. The summed E-state index contributed by atoms with van der Waals surface area (Å²) in [4.78, 5) is 54.6. The number of cyclic esters (lactones) is 1. The highest BCUT2D eigenvalue weighted by atomic mass is 32.2. The molecule has 2 amide bonds. The maximum absolute atomic E-state index is 12.8. The summed E-state index contributed by atoms with van der Waals surface area (Å²) in [5.74, 6) is 0.309. The number of nitrogens with zero attached hydrogens (tertiary/aromatic N) is 2. The number of aromatic amines is 1. The van der Waals surface area contributed by atoms with E-state index < -0.39 is 11.8 Å². The van der Waals surface area contributed by atoms with Crippen LogP contribution in [0.2, 0.25) is 0 Å². The largest absolute Gasteiger partial charge is 0.444 e. The fourth-order valence-corrected chi connectivity index (χ4v) is 5.01. The number of amides is 2. The maximum Gasteiger partial charge on any atom is 0.414 e. The molecular weight excluding hydrogens is 444 g/mol. The summed E-state index contributed by atoms with van der Waals surface area (Å²) < 4.78 is 6.69. The number of para-hydroxylation sites is 1. The van der Waals surface area contributed by atoms with Gasteiger partial charge < -0.3 is 15.0 Å². The summed E-state index contributed by atoms with van der Waals surface area (Å²) in [6.07, 6.45) is 0.210. The predicted molar refractivity (Wildman–Crippen MR) is 126 cm³/mol. The molecule has 10 heteroatoms. The first-order valence-corrected chi connectivity index (χ1v) is 11.7. The number of hydrogen-bond acceptors (Lipinski definition) is 6. The molecule has 1 atom stereocenters. The zero-order valence-electron chi connectivity index (χ0n) is 17.9. The Balaban J connectivity index is 1.26. The molecule has 0 saturated carbocycles. The van der Waals surface area contributed by atoms with Crippen molar-refractivity contribution in [3.63, 3.8) is 0 Å². The Kier molecular flexibility index (Phi) is 5.45. The van der Waals surface area contributed by atoms with Gasteiger partial charge in [0.15, 0.2) is 0 Å². The van der Waals surface area contributed by atoms with Crippen molar-refractivity contribution < 1.29 is 14.3 Å². The maximum atomic E-state index is 12.8. The number of fused-ring (bicyclic) bond motifs is 2. The number of rotatable bonds is 5. The Morgan fingerprint density at radius 2 is 2.00 bits per heavy atom. The van der Waals surface area contributed by atoms with Crippen molar-refractivity contribution in [1.29, 1.82) is 0 Å². The van der Waals surface area contributed by atoms with Crippen LogP contribution in [0.4, 0.5) is 16.2 Å². The van der Waals surface area contributed by atoms with E-state index in [2.05, 4.69) is 10.3 Å². The number of benzene rings is 2. The third kappa shape index (κ3) is 4.02. The summed E-state index contributed by atoms with van der Waals surface area (Å²) >= 11 is 1.46. The first kappa shape index (κ1) is 21.3. The van der Waals surface area contributed by atoms with E-state index in [9.17, 15) is 19.2 Å². The third-order valence-electron chi connectivity index (χ3n) is 5.92. The Hall–Kier alpha value is -3.53. The molecule has 3 heterocycles. The topological polar surface area (TPSA) is 114 Å². The molecule has 3 aromatic rings. The summed E-state index contributed by atoms with van der Waals surface area (Å²) in [5.41, 5.74) is 1.98. The van der Waals surface area contributed by atoms with Crippen molar-refractivity contribution in [1.82, 2.24) is 9.55 Å². The normalized spacial score (nSPS) is 17.7. The fourth-order valence-electron chi connectivity index (χ4n) is 4.23. The summed E-state index contributed by atoms with van der Waals surface area (Å²) in [5, 5.41) is 3.30. The number of hydrogen-bond donors (Lipinski definition) is 2. The summed E-state index contributed by atoms with van der Waals surface area (Å²) in [7, 11) is 0. The lowest BCUT2D eigenvalue weighted by Gasteiger charge is -2.20. The molecule has 0 bridgehead atoms. The van der Waals surface area contributed by atoms with Crippen LogP contribution >= 0.6 is 11.8 Å². The first-order chi connectivity index (χ1) is 15.9. The lowest BCUT2D eigenvalue weighted by atomic mass is 10.1. The molecule has 0 aliphatic carbocycles. The Morgan fingerprint density at radius 3 is 2.85 bits per heavy atom. The molecule has 2 aliphatic rings. The minimum atomic E-state index is -0.453. The second-order valence-electron chi connectivity index (χ2n) is 8.16. The summed E-state index contributed by atoms with van der Waals surface area (Å²) in [6, 6.07) is 10.8. The van der Waals surface area contributed by atoms with Crippen LogP contribution in [0.5, 0.6) is 0 Å². The van der Waals surface area contributed by atoms with E-state index in [0.717, 1.165) is 10.5 Å². The molecule has 1 aromatic heterocycles. The Bertz CT molecular complexity index is 1400. The molecule has 2 aromatic carbocycles. The highest BCUT2D eigenvalue weighted by Crippen LogP contribution is 2.35. The molecule has 5 rings (SSSR count). The average Bonchev–Trinajstić information content (AvgIpc) is 3.16. The van der Waals surface area contributed by atoms with Crippen LogP contribution in [-0.2, 0) is 16.1 Å². The number of ether oxygens (including phenoxy) is 1. The molecule has 0 radical (unpaired) electrons. The van der Waals surface area contributed by atoms with Crippen LogP contribution in [0.15, 0.2) is 50.9 Å². The number of nitrogens with one attached hydrogen (secondary N) is 2. The van der Waals surface area contributed by atoms with Crippen molar-refractivity contribution >= 4 is 46.0 Å². The number of carbonyl (C=O) groups excluding carboxylic acids is 2. The SMILES string of the molecule is Cc1cccc2c(=O)n(CCCC3CN(c4ccc5c(c4)NC(=O)CS5)C(=O)O3)c(=O)[nH]c12. The van der Waals surface area contributed by atoms with Gasteiger partial charge in [-0.25, -0.2) is 9.59 Å². The van der Waals surface area contributed by atoms with Gasteiger partial charge in [-0.15, -0.1) is 11.8 Å². The van der Waals surface area contributed by atoms with Crippen molar-refractivity contribution in [2.75, 3.05) is 22.5 Å². The second-order valence-corrected chi connectivity index (χ2v) is 9.18. The van der Waals surface area contributed by atoms with E-state index in [1.54, 1.807) is 18.2 Å². The molecule has 1 saturated heterocycles. The number of aromatic nitrogens is 2.